The number of hydrogen-bond acceptors (Lipinski definition) is 3. The second-order valence-electron chi connectivity index (χ2n) is 4.67. The summed E-state index contributed by atoms with van der Waals surface area (Å²) in [5.74, 6) is -2.66. The van der Waals surface area contributed by atoms with Crippen LogP contribution < -0.4 is 5.32 Å². The molecule has 1 aromatic carbocycles. The second-order valence-corrected chi connectivity index (χ2v) is 4.67. The summed E-state index contributed by atoms with van der Waals surface area (Å²) in [5, 5.41) is 11.6. The van der Waals surface area contributed by atoms with E-state index in [4.69, 9.17) is 5.11 Å². The molecule has 2 N–H and O–H groups in total. The lowest BCUT2D eigenvalue weighted by molar-refractivity contribution is -0.154. The maximum absolute atomic E-state index is 12.1. The zero-order valence-corrected chi connectivity index (χ0v) is 10.9. The number of para-hydroxylation sites is 1. The third-order valence-corrected chi connectivity index (χ3v) is 3.27. The first-order valence-electron chi connectivity index (χ1n) is 6.49. The molecule has 1 aliphatic rings. The van der Waals surface area contributed by atoms with E-state index in [2.05, 4.69) is 5.32 Å². The molecule has 0 saturated carbocycles. The smallest absolute Gasteiger partial charge is 0.326 e. The van der Waals surface area contributed by atoms with Crippen LogP contribution >= 0.6 is 0 Å². The van der Waals surface area contributed by atoms with Crippen LogP contribution in [0, 0.1) is 0 Å². The fourth-order valence-corrected chi connectivity index (χ4v) is 2.27. The number of rotatable bonds is 2. The molecule has 2 rings (SSSR count). The molecular formula is C14H16N2O4. The van der Waals surface area contributed by atoms with Crippen molar-refractivity contribution in [2.45, 2.75) is 25.3 Å². The molecule has 1 heterocycles. The van der Waals surface area contributed by atoms with Crippen LogP contribution in [0.4, 0.5) is 5.69 Å². The maximum Gasteiger partial charge on any atom is 0.326 e. The molecule has 106 valence electrons. The topological polar surface area (TPSA) is 86.7 Å². The molecule has 0 aromatic heterocycles. The van der Waals surface area contributed by atoms with Crippen LogP contribution in [0.1, 0.15) is 19.3 Å². The van der Waals surface area contributed by atoms with Crippen molar-refractivity contribution in [3.05, 3.63) is 30.3 Å². The first-order chi connectivity index (χ1) is 9.59. The average molecular weight is 276 g/mol. The van der Waals surface area contributed by atoms with E-state index in [1.807, 2.05) is 0 Å². The van der Waals surface area contributed by atoms with Gasteiger partial charge in [0.05, 0.1) is 0 Å². The largest absolute Gasteiger partial charge is 0.480 e. The number of carboxylic acids is 1. The van der Waals surface area contributed by atoms with Gasteiger partial charge in [-0.1, -0.05) is 18.2 Å². The number of carbonyl (C=O) groups is 3. The minimum Gasteiger partial charge on any atom is -0.480 e. The minimum absolute atomic E-state index is 0.304. The average Bonchev–Trinajstić information content (AvgIpc) is 2.47. The van der Waals surface area contributed by atoms with Crippen molar-refractivity contribution in [3.8, 4) is 0 Å². The first-order valence-corrected chi connectivity index (χ1v) is 6.49. The highest BCUT2D eigenvalue weighted by Crippen LogP contribution is 2.18. The number of carboxylic acid groups (broad SMARTS) is 1. The van der Waals surface area contributed by atoms with Gasteiger partial charge in [-0.05, 0) is 31.4 Å². The Morgan fingerprint density at radius 1 is 1.15 bits per heavy atom. The summed E-state index contributed by atoms with van der Waals surface area (Å²) in [7, 11) is 0. The van der Waals surface area contributed by atoms with Crippen molar-refractivity contribution < 1.29 is 19.5 Å². The van der Waals surface area contributed by atoms with Crippen molar-refractivity contribution in [3.63, 3.8) is 0 Å². The zero-order valence-electron chi connectivity index (χ0n) is 10.9. The van der Waals surface area contributed by atoms with Gasteiger partial charge in [0.25, 0.3) is 0 Å². The van der Waals surface area contributed by atoms with Crippen LogP contribution in [-0.4, -0.2) is 40.4 Å². The van der Waals surface area contributed by atoms with E-state index in [0.29, 0.717) is 25.1 Å². The van der Waals surface area contributed by atoms with Crippen molar-refractivity contribution in [1.82, 2.24) is 4.90 Å². The Morgan fingerprint density at radius 2 is 1.85 bits per heavy atom. The normalized spacial score (nSPS) is 18.4. The van der Waals surface area contributed by atoms with Gasteiger partial charge >= 0.3 is 17.8 Å². The lowest BCUT2D eigenvalue weighted by Crippen LogP contribution is -2.51. The summed E-state index contributed by atoms with van der Waals surface area (Å²) >= 11 is 0. The van der Waals surface area contributed by atoms with Gasteiger partial charge in [0.1, 0.15) is 6.04 Å². The Bertz CT molecular complexity index is 515. The summed E-state index contributed by atoms with van der Waals surface area (Å²) < 4.78 is 0. The van der Waals surface area contributed by atoms with Gasteiger partial charge in [-0.2, -0.15) is 0 Å². The van der Waals surface area contributed by atoms with Gasteiger partial charge in [0.2, 0.25) is 0 Å². The van der Waals surface area contributed by atoms with Crippen LogP contribution in [0.15, 0.2) is 30.3 Å². The molecule has 0 aliphatic carbocycles. The Balaban J connectivity index is 2.05. The molecule has 0 bridgehead atoms. The van der Waals surface area contributed by atoms with Gasteiger partial charge < -0.3 is 15.3 Å². The van der Waals surface area contributed by atoms with Crippen molar-refractivity contribution in [2.75, 3.05) is 11.9 Å². The summed E-state index contributed by atoms with van der Waals surface area (Å²) in [4.78, 5) is 36.2. The SMILES string of the molecule is O=C(Nc1ccccc1)C(=O)N1CCCCC1C(=O)O. The number of likely N-dealkylation sites (tertiary alicyclic amines) is 1. The van der Waals surface area contributed by atoms with Gasteiger partial charge in [-0.15, -0.1) is 0 Å². The molecule has 1 aliphatic heterocycles. The molecule has 1 aromatic rings. The van der Waals surface area contributed by atoms with Gasteiger partial charge in [-0.3, -0.25) is 9.59 Å². The van der Waals surface area contributed by atoms with Crippen LogP contribution in [-0.2, 0) is 14.4 Å². The summed E-state index contributed by atoms with van der Waals surface area (Å²) in [5.41, 5.74) is 0.509. The molecule has 1 fully saturated rings. The quantitative estimate of drug-likeness (QED) is 0.792. The van der Waals surface area contributed by atoms with Crippen LogP contribution in [0.2, 0.25) is 0 Å². The highest BCUT2D eigenvalue weighted by atomic mass is 16.4. The fraction of sp³-hybridized carbons (Fsp3) is 0.357. The number of nitrogens with zero attached hydrogens (tertiary/aromatic N) is 1. The zero-order chi connectivity index (χ0) is 14.5. The minimum atomic E-state index is -1.06. The Morgan fingerprint density at radius 3 is 2.50 bits per heavy atom. The van der Waals surface area contributed by atoms with E-state index in [1.54, 1.807) is 30.3 Å². The predicted octanol–water partition coefficient (Wildman–Crippen LogP) is 1.09. The Labute approximate surface area is 116 Å². The maximum atomic E-state index is 12.1. The molecule has 1 unspecified atom stereocenters. The summed E-state index contributed by atoms with van der Waals surface area (Å²) in [6.07, 6.45) is 1.86. The third kappa shape index (κ3) is 3.14. The number of piperidine rings is 1. The molecule has 1 saturated heterocycles. The summed E-state index contributed by atoms with van der Waals surface area (Å²) in [6.45, 7) is 0.304. The Hall–Kier alpha value is -2.37. The number of benzene rings is 1. The number of aliphatic carboxylic acids is 1. The lowest BCUT2D eigenvalue weighted by Gasteiger charge is -2.32. The molecule has 0 spiro atoms. The molecule has 6 heteroatoms. The first kappa shape index (κ1) is 14.0. The molecule has 1 atom stereocenters. The highest BCUT2D eigenvalue weighted by molar-refractivity contribution is 6.39. The molecule has 2 amide bonds. The number of anilines is 1. The van der Waals surface area contributed by atoms with Crippen molar-refractivity contribution in [1.29, 1.82) is 0 Å². The van der Waals surface area contributed by atoms with E-state index < -0.39 is 23.8 Å². The third-order valence-electron chi connectivity index (χ3n) is 3.27. The van der Waals surface area contributed by atoms with Gasteiger partial charge in [-0.25, -0.2) is 4.79 Å². The van der Waals surface area contributed by atoms with Gasteiger partial charge in [0, 0.05) is 12.2 Å². The van der Waals surface area contributed by atoms with Crippen LogP contribution in [0.5, 0.6) is 0 Å². The second kappa shape index (κ2) is 6.18. The molecule has 6 nitrogen and oxygen atoms in total. The van der Waals surface area contributed by atoms with Crippen molar-refractivity contribution >= 4 is 23.5 Å². The number of hydrogen-bond donors (Lipinski definition) is 2. The van der Waals surface area contributed by atoms with E-state index in [1.165, 1.54) is 0 Å². The summed E-state index contributed by atoms with van der Waals surface area (Å²) in [6, 6.07) is 7.69. The number of amides is 2. The highest BCUT2D eigenvalue weighted by Gasteiger charge is 2.34. The predicted molar refractivity (Wildman–Crippen MR) is 72.1 cm³/mol. The van der Waals surface area contributed by atoms with E-state index in [-0.39, 0.29) is 0 Å². The number of nitrogens with one attached hydrogen (secondary N) is 1. The molecule has 20 heavy (non-hydrogen) atoms. The molecular weight excluding hydrogens is 260 g/mol. The van der Waals surface area contributed by atoms with Crippen LogP contribution in [0.25, 0.3) is 0 Å². The Kier molecular flexibility index (Phi) is 4.34. The standard InChI is InChI=1S/C14H16N2O4/c17-12(15-10-6-2-1-3-7-10)13(18)16-9-5-4-8-11(16)14(19)20/h1-3,6-7,11H,4-5,8-9H2,(H,15,17)(H,19,20). The van der Waals surface area contributed by atoms with Gasteiger partial charge in [0.15, 0.2) is 0 Å². The monoisotopic (exact) mass is 276 g/mol. The van der Waals surface area contributed by atoms with Crippen molar-refractivity contribution in [2.24, 2.45) is 0 Å². The van der Waals surface area contributed by atoms with E-state index in [0.717, 1.165) is 11.3 Å². The lowest BCUT2D eigenvalue weighted by atomic mass is 10.0. The van der Waals surface area contributed by atoms with E-state index in [9.17, 15) is 14.4 Å². The van der Waals surface area contributed by atoms with Crippen LogP contribution in [0.3, 0.4) is 0 Å². The number of carbonyl (C=O) groups excluding carboxylic acids is 2. The fourth-order valence-electron chi connectivity index (χ4n) is 2.27. The molecule has 0 radical (unpaired) electrons. The van der Waals surface area contributed by atoms with E-state index >= 15 is 0 Å².